The smallest absolute Gasteiger partial charge is 0.263 e. The third-order valence-electron chi connectivity index (χ3n) is 4.12. The summed E-state index contributed by atoms with van der Waals surface area (Å²) in [7, 11) is 3.54. The molecule has 6 heteroatoms. The van der Waals surface area contributed by atoms with Crippen molar-refractivity contribution in [3.05, 3.63) is 70.3 Å². The summed E-state index contributed by atoms with van der Waals surface area (Å²) in [5.41, 5.74) is 1.48. The zero-order chi connectivity index (χ0) is 17.3. The molecule has 0 bridgehead atoms. The van der Waals surface area contributed by atoms with E-state index in [2.05, 4.69) is 5.32 Å². The summed E-state index contributed by atoms with van der Waals surface area (Å²) in [5, 5.41) is 13.9. The molecule has 1 aromatic carbocycles. The standard InChI is InChI=1S/C18H19N3O3/c1-20-9-7-12-10-13(5-6-15(12)20)16(22)11-19-17(23)14-4-3-8-21(2)18(14)24/h3-10,16,22H,11H2,1-2H3,(H,19,23). The normalized spacial score (nSPS) is 12.3. The first-order chi connectivity index (χ1) is 11.5. The molecule has 0 radical (unpaired) electrons. The largest absolute Gasteiger partial charge is 0.387 e. The zero-order valence-electron chi connectivity index (χ0n) is 13.6. The van der Waals surface area contributed by atoms with Gasteiger partial charge in [-0.2, -0.15) is 0 Å². The Morgan fingerprint density at radius 2 is 1.96 bits per heavy atom. The van der Waals surface area contributed by atoms with Gasteiger partial charge in [-0.1, -0.05) is 6.07 Å². The molecule has 0 fully saturated rings. The van der Waals surface area contributed by atoms with E-state index in [9.17, 15) is 14.7 Å². The highest BCUT2D eigenvalue weighted by molar-refractivity contribution is 5.93. The van der Waals surface area contributed by atoms with E-state index in [1.54, 1.807) is 19.3 Å². The molecule has 0 saturated heterocycles. The van der Waals surface area contributed by atoms with Crippen LogP contribution < -0.4 is 10.9 Å². The van der Waals surface area contributed by atoms with Crippen molar-refractivity contribution in [2.75, 3.05) is 6.54 Å². The fourth-order valence-corrected chi connectivity index (χ4v) is 2.68. The van der Waals surface area contributed by atoms with E-state index in [0.29, 0.717) is 0 Å². The van der Waals surface area contributed by atoms with E-state index in [0.717, 1.165) is 16.5 Å². The number of aryl methyl sites for hydroxylation is 2. The molecule has 1 unspecified atom stereocenters. The second-order valence-electron chi connectivity index (χ2n) is 5.81. The van der Waals surface area contributed by atoms with Gasteiger partial charge in [0.15, 0.2) is 0 Å². The van der Waals surface area contributed by atoms with E-state index in [4.69, 9.17) is 0 Å². The highest BCUT2D eigenvalue weighted by Gasteiger charge is 2.14. The first kappa shape index (κ1) is 16.0. The van der Waals surface area contributed by atoms with Crippen molar-refractivity contribution in [3.8, 4) is 0 Å². The third kappa shape index (κ3) is 2.96. The lowest BCUT2D eigenvalue weighted by Crippen LogP contribution is -2.34. The van der Waals surface area contributed by atoms with Gasteiger partial charge in [0.05, 0.1) is 6.10 Å². The van der Waals surface area contributed by atoms with Gasteiger partial charge in [-0.25, -0.2) is 0 Å². The highest BCUT2D eigenvalue weighted by atomic mass is 16.3. The number of aliphatic hydroxyl groups excluding tert-OH is 1. The third-order valence-corrected chi connectivity index (χ3v) is 4.12. The number of carbonyl (C=O) groups is 1. The SMILES string of the molecule is Cn1cccc(C(=O)NCC(O)c2ccc3c(ccn3C)c2)c1=O. The van der Waals surface area contributed by atoms with Crippen LogP contribution in [0.3, 0.4) is 0 Å². The Balaban J connectivity index is 1.72. The van der Waals surface area contributed by atoms with Gasteiger partial charge in [0, 0.05) is 38.6 Å². The van der Waals surface area contributed by atoms with Crippen molar-refractivity contribution >= 4 is 16.8 Å². The molecule has 1 amide bonds. The first-order valence-corrected chi connectivity index (χ1v) is 7.64. The summed E-state index contributed by atoms with van der Waals surface area (Å²) in [6.45, 7) is 0.0369. The lowest BCUT2D eigenvalue weighted by atomic mass is 10.1. The number of hydrogen-bond acceptors (Lipinski definition) is 3. The van der Waals surface area contributed by atoms with Gasteiger partial charge in [0.25, 0.3) is 11.5 Å². The molecule has 2 heterocycles. The number of amides is 1. The maximum atomic E-state index is 12.1. The van der Waals surface area contributed by atoms with Crippen molar-refractivity contribution in [1.82, 2.24) is 14.5 Å². The molecule has 0 aliphatic heterocycles. The Kier molecular flexibility index (Phi) is 4.22. The van der Waals surface area contributed by atoms with Crippen LogP contribution in [0.5, 0.6) is 0 Å². The molecular weight excluding hydrogens is 306 g/mol. The topological polar surface area (TPSA) is 76.3 Å². The van der Waals surface area contributed by atoms with E-state index in [1.165, 1.54) is 10.6 Å². The fourth-order valence-electron chi connectivity index (χ4n) is 2.68. The van der Waals surface area contributed by atoms with Gasteiger partial charge in [-0.05, 0) is 41.3 Å². The van der Waals surface area contributed by atoms with Crippen LogP contribution in [0.15, 0.2) is 53.6 Å². The summed E-state index contributed by atoms with van der Waals surface area (Å²) in [4.78, 5) is 24.0. The summed E-state index contributed by atoms with van der Waals surface area (Å²) < 4.78 is 3.34. The second kappa shape index (κ2) is 6.33. The van der Waals surface area contributed by atoms with Crippen LogP contribution in [0.2, 0.25) is 0 Å². The van der Waals surface area contributed by atoms with Crippen LogP contribution in [0.4, 0.5) is 0 Å². The number of benzene rings is 1. The summed E-state index contributed by atoms with van der Waals surface area (Å²) in [5.74, 6) is -0.490. The number of pyridine rings is 1. The number of rotatable bonds is 4. The number of hydrogen-bond donors (Lipinski definition) is 2. The quantitative estimate of drug-likeness (QED) is 0.760. The van der Waals surface area contributed by atoms with Crippen LogP contribution in [0.25, 0.3) is 10.9 Å². The van der Waals surface area contributed by atoms with Crippen LogP contribution in [0, 0.1) is 0 Å². The Bertz CT molecular complexity index is 956. The molecule has 3 aromatic rings. The Hall–Kier alpha value is -2.86. The molecular formula is C18H19N3O3. The molecule has 0 aliphatic rings. The van der Waals surface area contributed by atoms with Crippen molar-refractivity contribution in [2.45, 2.75) is 6.10 Å². The molecule has 3 rings (SSSR count). The highest BCUT2D eigenvalue weighted by Crippen LogP contribution is 2.20. The van der Waals surface area contributed by atoms with Crippen molar-refractivity contribution in [1.29, 1.82) is 0 Å². The zero-order valence-corrected chi connectivity index (χ0v) is 13.6. The summed E-state index contributed by atoms with van der Waals surface area (Å²) in [6.07, 6.45) is 2.70. The van der Waals surface area contributed by atoms with Gasteiger partial charge in [-0.3, -0.25) is 9.59 Å². The van der Waals surface area contributed by atoms with E-state index in [1.807, 2.05) is 42.1 Å². The minimum Gasteiger partial charge on any atom is -0.387 e. The molecule has 2 N–H and O–H groups in total. The molecule has 0 aliphatic carbocycles. The van der Waals surface area contributed by atoms with Crippen LogP contribution in [-0.4, -0.2) is 26.7 Å². The predicted octanol–water partition coefficient (Wildman–Crippen LogP) is 1.34. The Morgan fingerprint density at radius 1 is 1.17 bits per heavy atom. The van der Waals surface area contributed by atoms with Gasteiger partial charge in [0.1, 0.15) is 5.56 Å². The van der Waals surface area contributed by atoms with E-state index >= 15 is 0 Å². The summed E-state index contributed by atoms with van der Waals surface area (Å²) >= 11 is 0. The molecule has 0 saturated carbocycles. The van der Waals surface area contributed by atoms with Crippen molar-refractivity contribution < 1.29 is 9.90 Å². The molecule has 6 nitrogen and oxygen atoms in total. The maximum absolute atomic E-state index is 12.1. The van der Waals surface area contributed by atoms with E-state index < -0.39 is 12.0 Å². The van der Waals surface area contributed by atoms with Gasteiger partial charge in [-0.15, -0.1) is 0 Å². The van der Waals surface area contributed by atoms with Gasteiger partial charge >= 0.3 is 0 Å². The molecule has 24 heavy (non-hydrogen) atoms. The van der Waals surface area contributed by atoms with Crippen molar-refractivity contribution in [2.24, 2.45) is 14.1 Å². The summed E-state index contributed by atoms with van der Waals surface area (Å²) in [6, 6.07) is 10.7. The second-order valence-corrected chi connectivity index (χ2v) is 5.81. The average Bonchev–Trinajstić information content (AvgIpc) is 2.95. The predicted molar refractivity (Wildman–Crippen MR) is 91.9 cm³/mol. The minimum atomic E-state index is -0.842. The number of nitrogens with one attached hydrogen (secondary N) is 1. The number of nitrogens with zero attached hydrogens (tertiary/aromatic N) is 2. The van der Waals surface area contributed by atoms with E-state index in [-0.39, 0.29) is 17.7 Å². The molecule has 2 aromatic heterocycles. The monoisotopic (exact) mass is 325 g/mol. The number of fused-ring (bicyclic) bond motifs is 1. The number of carbonyl (C=O) groups excluding carboxylic acids is 1. The van der Waals surface area contributed by atoms with Crippen LogP contribution >= 0.6 is 0 Å². The van der Waals surface area contributed by atoms with Gasteiger partial charge < -0.3 is 19.6 Å². The lowest BCUT2D eigenvalue weighted by Gasteiger charge is -2.13. The van der Waals surface area contributed by atoms with Crippen LogP contribution in [0.1, 0.15) is 22.0 Å². The molecule has 1 atom stereocenters. The number of aromatic nitrogens is 2. The molecule has 0 spiro atoms. The Morgan fingerprint density at radius 3 is 2.75 bits per heavy atom. The van der Waals surface area contributed by atoms with Crippen LogP contribution in [-0.2, 0) is 14.1 Å². The van der Waals surface area contributed by atoms with Crippen molar-refractivity contribution in [3.63, 3.8) is 0 Å². The Labute approximate surface area is 139 Å². The lowest BCUT2D eigenvalue weighted by molar-refractivity contribution is 0.0914. The maximum Gasteiger partial charge on any atom is 0.263 e. The molecule has 124 valence electrons. The first-order valence-electron chi connectivity index (χ1n) is 7.64. The average molecular weight is 325 g/mol. The number of aliphatic hydroxyl groups is 1. The minimum absolute atomic E-state index is 0.0369. The fraction of sp³-hybridized carbons (Fsp3) is 0.222. The van der Waals surface area contributed by atoms with Gasteiger partial charge in [0.2, 0.25) is 0 Å².